The molecular weight excluding hydrogens is 388 g/mol. The lowest BCUT2D eigenvalue weighted by molar-refractivity contribution is -0.113. The molecule has 0 unspecified atom stereocenters. The lowest BCUT2D eigenvalue weighted by Crippen LogP contribution is -2.23. The van der Waals surface area contributed by atoms with Gasteiger partial charge in [0.25, 0.3) is 11.5 Å². The standard InChI is InChI=1S/C21H20N4O3S/c1-22-19(27)13-6-8-14(9-7-13)23-18(26)12-29-21-24-17-5-3-2-4-16(17)20(28)25(21)15-10-11-15/h2-9,15H,10-12H2,1H3,(H,22,27)(H,23,26). The molecule has 0 radical (unpaired) electrons. The molecule has 0 atom stereocenters. The van der Waals surface area contributed by atoms with Gasteiger partial charge in [-0.05, 0) is 49.2 Å². The molecule has 148 valence electrons. The van der Waals surface area contributed by atoms with Crippen molar-refractivity contribution in [3.05, 3.63) is 64.4 Å². The molecule has 0 aliphatic heterocycles. The average molecular weight is 408 g/mol. The molecule has 3 aromatic rings. The van der Waals surface area contributed by atoms with Crippen LogP contribution in [0.3, 0.4) is 0 Å². The topological polar surface area (TPSA) is 93.1 Å². The number of hydrogen-bond donors (Lipinski definition) is 2. The summed E-state index contributed by atoms with van der Waals surface area (Å²) in [5.74, 6) is -0.249. The molecule has 1 aliphatic carbocycles. The maximum absolute atomic E-state index is 12.9. The van der Waals surface area contributed by atoms with Crippen LogP contribution < -0.4 is 16.2 Å². The number of fused-ring (bicyclic) bond motifs is 1. The predicted molar refractivity (Wildman–Crippen MR) is 113 cm³/mol. The first kappa shape index (κ1) is 19.2. The quantitative estimate of drug-likeness (QED) is 0.483. The Morgan fingerprint density at radius 2 is 1.86 bits per heavy atom. The summed E-state index contributed by atoms with van der Waals surface area (Å²) in [6, 6.07) is 14.1. The van der Waals surface area contributed by atoms with Crippen molar-refractivity contribution in [2.24, 2.45) is 0 Å². The Morgan fingerprint density at radius 1 is 1.14 bits per heavy atom. The van der Waals surface area contributed by atoms with Gasteiger partial charge in [0, 0.05) is 24.3 Å². The molecule has 2 amide bonds. The van der Waals surface area contributed by atoms with Crippen molar-refractivity contribution >= 4 is 40.2 Å². The van der Waals surface area contributed by atoms with E-state index < -0.39 is 0 Å². The van der Waals surface area contributed by atoms with E-state index in [0.717, 1.165) is 12.8 Å². The molecule has 4 rings (SSSR count). The molecule has 0 saturated heterocycles. The monoisotopic (exact) mass is 408 g/mol. The van der Waals surface area contributed by atoms with Crippen LogP contribution in [-0.2, 0) is 4.79 Å². The number of nitrogens with zero attached hydrogens (tertiary/aromatic N) is 2. The zero-order chi connectivity index (χ0) is 20.4. The number of nitrogens with one attached hydrogen (secondary N) is 2. The van der Waals surface area contributed by atoms with Gasteiger partial charge in [0.2, 0.25) is 5.91 Å². The molecule has 29 heavy (non-hydrogen) atoms. The van der Waals surface area contributed by atoms with Crippen molar-refractivity contribution in [3.63, 3.8) is 0 Å². The van der Waals surface area contributed by atoms with Gasteiger partial charge >= 0.3 is 0 Å². The van der Waals surface area contributed by atoms with E-state index in [0.29, 0.717) is 27.3 Å². The van der Waals surface area contributed by atoms with E-state index in [1.807, 2.05) is 18.2 Å². The zero-order valence-corrected chi connectivity index (χ0v) is 16.7. The van der Waals surface area contributed by atoms with Crippen LogP contribution in [0.4, 0.5) is 5.69 Å². The first-order valence-electron chi connectivity index (χ1n) is 9.33. The molecule has 8 heteroatoms. The number of amides is 2. The van der Waals surface area contributed by atoms with E-state index in [-0.39, 0.29) is 29.2 Å². The number of thioether (sulfide) groups is 1. The van der Waals surface area contributed by atoms with Gasteiger partial charge in [-0.2, -0.15) is 0 Å². The smallest absolute Gasteiger partial charge is 0.262 e. The summed E-state index contributed by atoms with van der Waals surface area (Å²) in [6.45, 7) is 0. The number of anilines is 1. The van der Waals surface area contributed by atoms with Gasteiger partial charge < -0.3 is 10.6 Å². The number of aromatic nitrogens is 2. The molecule has 0 bridgehead atoms. The molecule has 2 aromatic carbocycles. The highest BCUT2D eigenvalue weighted by molar-refractivity contribution is 7.99. The molecular formula is C21H20N4O3S. The van der Waals surface area contributed by atoms with Gasteiger partial charge in [-0.15, -0.1) is 0 Å². The van der Waals surface area contributed by atoms with E-state index in [9.17, 15) is 14.4 Å². The van der Waals surface area contributed by atoms with Crippen LogP contribution in [0.15, 0.2) is 58.5 Å². The summed E-state index contributed by atoms with van der Waals surface area (Å²) in [6.07, 6.45) is 1.91. The third-order valence-electron chi connectivity index (χ3n) is 4.68. The van der Waals surface area contributed by atoms with Crippen molar-refractivity contribution in [2.75, 3.05) is 18.1 Å². The van der Waals surface area contributed by atoms with Gasteiger partial charge in [0.1, 0.15) is 0 Å². The van der Waals surface area contributed by atoms with Crippen molar-refractivity contribution in [1.82, 2.24) is 14.9 Å². The molecule has 1 aromatic heterocycles. The van der Waals surface area contributed by atoms with Gasteiger partial charge in [-0.25, -0.2) is 4.98 Å². The highest BCUT2D eigenvalue weighted by Crippen LogP contribution is 2.36. The Hall–Kier alpha value is -3.13. The maximum Gasteiger partial charge on any atom is 0.262 e. The van der Waals surface area contributed by atoms with Crippen LogP contribution in [-0.4, -0.2) is 34.2 Å². The summed E-state index contributed by atoms with van der Waals surface area (Å²) < 4.78 is 1.72. The minimum Gasteiger partial charge on any atom is -0.355 e. The Morgan fingerprint density at radius 3 is 2.55 bits per heavy atom. The summed E-state index contributed by atoms with van der Waals surface area (Å²) in [5, 5.41) is 6.53. The largest absolute Gasteiger partial charge is 0.355 e. The number of benzene rings is 2. The summed E-state index contributed by atoms with van der Waals surface area (Å²) in [5.41, 5.74) is 1.72. The molecule has 1 saturated carbocycles. The number of carbonyl (C=O) groups is 2. The van der Waals surface area contributed by atoms with E-state index >= 15 is 0 Å². The highest BCUT2D eigenvalue weighted by Gasteiger charge is 2.28. The second kappa shape index (κ2) is 8.08. The normalized spacial score (nSPS) is 13.3. The lowest BCUT2D eigenvalue weighted by Gasteiger charge is -2.12. The molecule has 7 nitrogen and oxygen atoms in total. The van der Waals surface area contributed by atoms with Gasteiger partial charge in [-0.1, -0.05) is 23.9 Å². The first-order chi connectivity index (χ1) is 14.1. The van der Waals surface area contributed by atoms with Crippen molar-refractivity contribution in [1.29, 1.82) is 0 Å². The fourth-order valence-corrected chi connectivity index (χ4v) is 3.92. The number of rotatable bonds is 6. The fourth-order valence-electron chi connectivity index (χ4n) is 3.06. The Kier molecular flexibility index (Phi) is 5.35. The summed E-state index contributed by atoms with van der Waals surface area (Å²) in [7, 11) is 1.57. The van der Waals surface area contributed by atoms with Crippen molar-refractivity contribution in [3.8, 4) is 0 Å². The van der Waals surface area contributed by atoms with E-state index in [2.05, 4.69) is 15.6 Å². The molecule has 1 aliphatic rings. The average Bonchev–Trinajstić information content (AvgIpc) is 3.57. The fraction of sp³-hybridized carbons (Fsp3) is 0.238. The van der Waals surface area contributed by atoms with Crippen LogP contribution in [0.2, 0.25) is 0 Å². The number of hydrogen-bond acceptors (Lipinski definition) is 5. The number of para-hydroxylation sites is 1. The second-order valence-corrected chi connectivity index (χ2v) is 7.75. The first-order valence-corrected chi connectivity index (χ1v) is 10.3. The molecule has 0 spiro atoms. The predicted octanol–water partition coefficient (Wildman–Crippen LogP) is 2.82. The van der Waals surface area contributed by atoms with E-state index in [1.165, 1.54) is 11.8 Å². The summed E-state index contributed by atoms with van der Waals surface area (Å²) >= 11 is 1.26. The van der Waals surface area contributed by atoms with Crippen LogP contribution in [0.5, 0.6) is 0 Å². The van der Waals surface area contributed by atoms with Crippen molar-refractivity contribution in [2.45, 2.75) is 24.0 Å². The second-order valence-electron chi connectivity index (χ2n) is 6.81. The molecule has 2 N–H and O–H groups in total. The number of carbonyl (C=O) groups excluding carboxylic acids is 2. The zero-order valence-electron chi connectivity index (χ0n) is 15.8. The Bertz CT molecular complexity index is 1140. The molecule has 1 fully saturated rings. The van der Waals surface area contributed by atoms with Gasteiger partial charge in [-0.3, -0.25) is 19.0 Å². The SMILES string of the molecule is CNC(=O)c1ccc(NC(=O)CSc2nc3ccccc3c(=O)n2C2CC2)cc1. The minimum atomic E-state index is -0.201. The van der Waals surface area contributed by atoms with Gasteiger partial charge in [0.15, 0.2) is 5.16 Å². The minimum absolute atomic E-state index is 0.0502. The van der Waals surface area contributed by atoms with Gasteiger partial charge in [0.05, 0.1) is 16.7 Å². The van der Waals surface area contributed by atoms with Crippen LogP contribution in [0.25, 0.3) is 10.9 Å². The maximum atomic E-state index is 12.9. The van der Waals surface area contributed by atoms with E-state index in [4.69, 9.17) is 0 Å². The van der Waals surface area contributed by atoms with E-state index in [1.54, 1.807) is 41.9 Å². The summed E-state index contributed by atoms with van der Waals surface area (Å²) in [4.78, 5) is 41.4. The van der Waals surface area contributed by atoms with Crippen LogP contribution in [0.1, 0.15) is 29.2 Å². The van der Waals surface area contributed by atoms with Crippen LogP contribution in [0, 0.1) is 0 Å². The molecule has 1 heterocycles. The van der Waals surface area contributed by atoms with Crippen LogP contribution >= 0.6 is 11.8 Å². The third kappa shape index (κ3) is 4.17. The highest BCUT2D eigenvalue weighted by atomic mass is 32.2. The Labute approximate surface area is 171 Å². The lowest BCUT2D eigenvalue weighted by atomic mass is 10.2. The third-order valence-corrected chi connectivity index (χ3v) is 5.63. The Balaban J connectivity index is 1.48. The van der Waals surface area contributed by atoms with Crippen molar-refractivity contribution < 1.29 is 9.59 Å².